The Labute approximate surface area is 73.6 Å². The smallest absolute Gasteiger partial charge is 0.0810 e. The highest BCUT2D eigenvalue weighted by atomic mass is 16.6. The molecule has 3 heteroatoms. The predicted molar refractivity (Wildman–Crippen MR) is 46.2 cm³/mol. The fourth-order valence-corrected chi connectivity index (χ4v) is 1.60. The van der Waals surface area contributed by atoms with E-state index in [9.17, 15) is 0 Å². The lowest BCUT2D eigenvalue weighted by atomic mass is 10.2. The Balaban J connectivity index is 1.52. The van der Waals surface area contributed by atoms with Crippen LogP contribution in [0.3, 0.4) is 0 Å². The number of nitrogens with zero attached hydrogens (tertiary/aromatic N) is 1. The maximum atomic E-state index is 5.27. The normalized spacial score (nSPS) is 30.5. The summed E-state index contributed by atoms with van der Waals surface area (Å²) in [4.78, 5) is 2.48. The highest BCUT2D eigenvalue weighted by molar-refractivity contribution is 4.70. The number of rotatable bonds is 4. The molecule has 0 bridgehead atoms. The van der Waals surface area contributed by atoms with Crippen molar-refractivity contribution in [1.29, 1.82) is 0 Å². The fraction of sp³-hybridized carbons (Fsp3) is 1.00. The Morgan fingerprint density at radius 1 is 1.25 bits per heavy atom. The van der Waals surface area contributed by atoms with Crippen molar-refractivity contribution in [3.05, 3.63) is 0 Å². The Hall–Kier alpha value is -0.120. The standard InChI is InChI=1S/C9H17NO2/c1(2-9-8-12-9)3-10-4-6-11-7-5-10/h9H,1-8H2. The average Bonchev–Trinajstić information content (AvgIpc) is 2.90. The molecule has 2 saturated heterocycles. The second kappa shape index (κ2) is 4.21. The van der Waals surface area contributed by atoms with Crippen LogP contribution in [-0.4, -0.2) is 50.5 Å². The highest BCUT2D eigenvalue weighted by Crippen LogP contribution is 2.15. The van der Waals surface area contributed by atoms with E-state index >= 15 is 0 Å². The van der Waals surface area contributed by atoms with Crippen molar-refractivity contribution < 1.29 is 9.47 Å². The molecule has 0 spiro atoms. The third-order valence-electron chi connectivity index (χ3n) is 2.51. The molecule has 1 unspecified atom stereocenters. The maximum Gasteiger partial charge on any atom is 0.0810 e. The zero-order valence-electron chi connectivity index (χ0n) is 7.50. The number of epoxide rings is 1. The minimum Gasteiger partial charge on any atom is -0.379 e. The molecule has 0 N–H and O–H groups in total. The number of hydrogen-bond acceptors (Lipinski definition) is 3. The summed E-state index contributed by atoms with van der Waals surface area (Å²) in [7, 11) is 0. The second-order valence-corrected chi connectivity index (χ2v) is 3.55. The fourth-order valence-electron chi connectivity index (χ4n) is 1.60. The van der Waals surface area contributed by atoms with Crippen molar-refractivity contribution in [2.45, 2.75) is 18.9 Å². The quantitative estimate of drug-likeness (QED) is 0.576. The van der Waals surface area contributed by atoms with Crippen LogP contribution >= 0.6 is 0 Å². The van der Waals surface area contributed by atoms with Gasteiger partial charge in [0.1, 0.15) is 0 Å². The Morgan fingerprint density at radius 3 is 2.67 bits per heavy atom. The Morgan fingerprint density at radius 2 is 2.00 bits per heavy atom. The summed E-state index contributed by atoms with van der Waals surface area (Å²) in [5, 5.41) is 0. The van der Waals surface area contributed by atoms with E-state index in [1.165, 1.54) is 19.4 Å². The third kappa shape index (κ3) is 2.73. The van der Waals surface area contributed by atoms with E-state index in [-0.39, 0.29) is 0 Å². The molecule has 2 heterocycles. The highest BCUT2D eigenvalue weighted by Gasteiger charge is 2.21. The number of morpholine rings is 1. The van der Waals surface area contributed by atoms with Gasteiger partial charge in [-0.15, -0.1) is 0 Å². The SMILES string of the molecule is C(CC1CO1)CN1CCOCC1. The van der Waals surface area contributed by atoms with E-state index in [1.54, 1.807) is 0 Å². The monoisotopic (exact) mass is 171 g/mol. The molecular formula is C9H17NO2. The first kappa shape index (κ1) is 8.48. The van der Waals surface area contributed by atoms with Gasteiger partial charge in [0, 0.05) is 13.1 Å². The molecular weight excluding hydrogens is 154 g/mol. The van der Waals surface area contributed by atoms with Crippen LogP contribution in [0.5, 0.6) is 0 Å². The number of hydrogen-bond donors (Lipinski definition) is 0. The zero-order valence-corrected chi connectivity index (χ0v) is 7.50. The van der Waals surface area contributed by atoms with Gasteiger partial charge in [-0.3, -0.25) is 4.90 Å². The summed E-state index contributed by atoms with van der Waals surface area (Å²) in [6, 6.07) is 0. The molecule has 1 atom stereocenters. The molecule has 0 saturated carbocycles. The van der Waals surface area contributed by atoms with Crippen LogP contribution in [0, 0.1) is 0 Å². The van der Waals surface area contributed by atoms with Gasteiger partial charge in [-0.05, 0) is 19.4 Å². The first-order valence-electron chi connectivity index (χ1n) is 4.87. The van der Waals surface area contributed by atoms with Gasteiger partial charge in [0.2, 0.25) is 0 Å². The van der Waals surface area contributed by atoms with Crippen molar-refractivity contribution in [2.75, 3.05) is 39.5 Å². The Bertz CT molecular complexity index is 130. The van der Waals surface area contributed by atoms with Gasteiger partial charge in [-0.1, -0.05) is 0 Å². The summed E-state index contributed by atoms with van der Waals surface area (Å²) in [5.41, 5.74) is 0. The lowest BCUT2D eigenvalue weighted by Crippen LogP contribution is -2.36. The Kier molecular flexibility index (Phi) is 2.98. The summed E-state index contributed by atoms with van der Waals surface area (Å²) in [6.07, 6.45) is 3.13. The lowest BCUT2D eigenvalue weighted by Gasteiger charge is -2.26. The minimum atomic E-state index is 0.603. The summed E-state index contributed by atoms with van der Waals surface area (Å²) < 4.78 is 10.4. The van der Waals surface area contributed by atoms with E-state index < -0.39 is 0 Å². The molecule has 2 rings (SSSR count). The number of ether oxygens (including phenoxy) is 2. The van der Waals surface area contributed by atoms with Crippen molar-refractivity contribution in [3.8, 4) is 0 Å². The molecule has 0 aliphatic carbocycles. The molecule has 70 valence electrons. The van der Waals surface area contributed by atoms with Crippen LogP contribution in [-0.2, 0) is 9.47 Å². The van der Waals surface area contributed by atoms with Crippen LogP contribution in [0.25, 0.3) is 0 Å². The van der Waals surface area contributed by atoms with Crippen LogP contribution in [0.15, 0.2) is 0 Å². The van der Waals surface area contributed by atoms with Crippen molar-refractivity contribution in [1.82, 2.24) is 4.90 Å². The van der Waals surface area contributed by atoms with E-state index in [0.717, 1.165) is 32.9 Å². The van der Waals surface area contributed by atoms with E-state index in [4.69, 9.17) is 9.47 Å². The molecule has 12 heavy (non-hydrogen) atoms. The maximum absolute atomic E-state index is 5.27. The predicted octanol–water partition coefficient (Wildman–Crippen LogP) is 0.498. The molecule has 2 fully saturated rings. The summed E-state index contributed by atoms with van der Waals surface area (Å²) >= 11 is 0. The van der Waals surface area contributed by atoms with Gasteiger partial charge in [0.05, 0.1) is 25.9 Å². The van der Waals surface area contributed by atoms with Crippen LogP contribution < -0.4 is 0 Å². The first-order valence-corrected chi connectivity index (χ1v) is 4.87. The van der Waals surface area contributed by atoms with Gasteiger partial charge >= 0.3 is 0 Å². The van der Waals surface area contributed by atoms with Gasteiger partial charge in [-0.25, -0.2) is 0 Å². The summed E-state index contributed by atoms with van der Waals surface area (Å²) in [6.45, 7) is 6.29. The molecule has 0 amide bonds. The topological polar surface area (TPSA) is 25.0 Å². The molecule has 3 nitrogen and oxygen atoms in total. The molecule has 0 aromatic rings. The minimum absolute atomic E-state index is 0.603. The third-order valence-corrected chi connectivity index (χ3v) is 2.51. The van der Waals surface area contributed by atoms with E-state index in [1.807, 2.05) is 0 Å². The zero-order chi connectivity index (χ0) is 8.23. The van der Waals surface area contributed by atoms with Gasteiger partial charge in [0.25, 0.3) is 0 Å². The van der Waals surface area contributed by atoms with Gasteiger partial charge < -0.3 is 9.47 Å². The second-order valence-electron chi connectivity index (χ2n) is 3.55. The molecule has 0 aromatic heterocycles. The summed E-state index contributed by atoms with van der Waals surface area (Å²) in [5.74, 6) is 0. The molecule has 0 radical (unpaired) electrons. The largest absolute Gasteiger partial charge is 0.379 e. The average molecular weight is 171 g/mol. The van der Waals surface area contributed by atoms with E-state index in [2.05, 4.69) is 4.90 Å². The van der Waals surface area contributed by atoms with Crippen LogP contribution in [0.1, 0.15) is 12.8 Å². The van der Waals surface area contributed by atoms with Crippen LogP contribution in [0.2, 0.25) is 0 Å². The van der Waals surface area contributed by atoms with E-state index in [0.29, 0.717) is 6.10 Å². The molecule has 2 aliphatic rings. The first-order chi connectivity index (χ1) is 5.95. The van der Waals surface area contributed by atoms with Crippen LogP contribution in [0.4, 0.5) is 0 Å². The van der Waals surface area contributed by atoms with Crippen molar-refractivity contribution in [3.63, 3.8) is 0 Å². The molecule has 2 aliphatic heterocycles. The van der Waals surface area contributed by atoms with Crippen molar-refractivity contribution >= 4 is 0 Å². The lowest BCUT2D eigenvalue weighted by molar-refractivity contribution is 0.0370. The van der Waals surface area contributed by atoms with Gasteiger partial charge in [0.15, 0.2) is 0 Å². The van der Waals surface area contributed by atoms with Crippen molar-refractivity contribution in [2.24, 2.45) is 0 Å². The molecule has 0 aromatic carbocycles. The van der Waals surface area contributed by atoms with Gasteiger partial charge in [-0.2, -0.15) is 0 Å².